The number of esters is 1. The molecule has 13 atom stereocenters. The Balaban J connectivity index is 1.01. The van der Waals surface area contributed by atoms with Crippen LogP contribution in [0.3, 0.4) is 0 Å². The van der Waals surface area contributed by atoms with Crippen LogP contribution in [0.5, 0.6) is 5.75 Å². The number of ketones is 3. The van der Waals surface area contributed by atoms with Crippen LogP contribution in [-0.2, 0) is 42.8 Å². The lowest BCUT2D eigenvalue weighted by molar-refractivity contribution is -0.300. The van der Waals surface area contributed by atoms with Gasteiger partial charge in [0.1, 0.15) is 30.0 Å². The normalized spacial score (nSPS) is 40.6. The van der Waals surface area contributed by atoms with E-state index in [1.54, 1.807) is 13.8 Å². The van der Waals surface area contributed by atoms with E-state index in [0.717, 1.165) is 12.2 Å². The Morgan fingerprint density at radius 3 is 2.12 bits per heavy atom. The summed E-state index contributed by atoms with van der Waals surface area (Å²) in [5.74, 6) is -5.50. The van der Waals surface area contributed by atoms with E-state index in [4.69, 9.17) is 33.5 Å². The van der Waals surface area contributed by atoms with Crippen molar-refractivity contribution in [3.63, 3.8) is 0 Å². The molecule has 0 unspecified atom stereocenters. The molecule has 0 spiro atoms. The van der Waals surface area contributed by atoms with Gasteiger partial charge in [-0.15, -0.1) is 0 Å². The number of carboxylic acid groups (broad SMARTS) is 1. The van der Waals surface area contributed by atoms with Crippen LogP contribution in [0.2, 0.25) is 0 Å². The third kappa shape index (κ3) is 7.38. The lowest BCUT2D eigenvalue weighted by atomic mass is 9.57. The molecular formula is C40H48O17. The van der Waals surface area contributed by atoms with Gasteiger partial charge in [-0.1, -0.05) is 12.1 Å². The molecule has 6 aliphatic rings. The number of carboxylic acids is 1. The molecule has 3 aliphatic carbocycles. The van der Waals surface area contributed by atoms with Crippen molar-refractivity contribution in [3.8, 4) is 5.75 Å². The number of Topliss-reactive ketones (excluding diaryl/α,β-unsaturated/α-hetero) is 3. The number of allylic oxidation sites excluding steroid dienone is 2. The fraction of sp³-hybridized carbons (Fsp3) is 0.625. The van der Waals surface area contributed by atoms with E-state index in [2.05, 4.69) is 0 Å². The molecule has 0 bridgehead atoms. The number of carbonyl (C=O) groups excluding carboxylic acids is 4. The molecule has 3 aliphatic heterocycles. The Morgan fingerprint density at radius 1 is 0.860 bits per heavy atom. The van der Waals surface area contributed by atoms with Crippen LogP contribution in [0.4, 0.5) is 0 Å². The van der Waals surface area contributed by atoms with Crippen molar-refractivity contribution in [3.05, 3.63) is 52.1 Å². The first-order valence-corrected chi connectivity index (χ1v) is 19.2. The van der Waals surface area contributed by atoms with Crippen molar-refractivity contribution >= 4 is 29.3 Å². The van der Waals surface area contributed by atoms with Crippen molar-refractivity contribution in [1.82, 2.24) is 0 Å². The molecule has 6 N–H and O–H groups in total. The van der Waals surface area contributed by atoms with Crippen LogP contribution in [0, 0.1) is 0 Å². The van der Waals surface area contributed by atoms with Gasteiger partial charge in [-0.05, 0) is 52.7 Å². The fourth-order valence-electron chi connectivity index (χ4n) is 9.05. The summed E-state index contributed by atoms with van der Waals surface area (Å²) in [5.41, 5.74) is -8.35. The zero-order chi connectivity index (χ0) is 41.4. The number of benzene rings is 1. The van der Waals surface area contributed by atoms with Gasteiger partial charge in [0.05, 0.1) is 53.4 Å². The second kappa shape index (κ2) is 15.0. The van der Waals surface area contributed by atoms with Gasteiger partial charge in [-0.3, -0.25) is 24.0 Å². The van der Waals surface area contributed by atoms with E-state index >= 15 is 0 Å². The molecular weight excluding hydrogens is 752 g/mol. The summed E-state index contributed by atoms with van der Waals surface area (Å²) in [5, 5.41) is 65.2. The number of aromatic hydroxyl groups is 1. The molecule has 17 nitrogen and oxygen atoms in total. The number of hydrogen-bond acceptors (Lipinski definition) is 16. The minimum Gasteiger partial charge on any atom is -0.507 e. The van der Waals surface area contributed by atoms with E-state index < -0.39 is 132 Å². The second-order valence-corrected chi connectivity index (χ2v) is 16.3. The van der Waals surface area contributed by atoms with Crippen LogP contribution in [0.15, 0.2) is 35.4 Å². The SMILES string of the molecule is C[C@H]1O[C@@H](c2ccc3c(c2O)C(=O)C2=C(C3=O)[C@]3(O)C(=O)C[C@@](C)(O)C[C@]3(O)C=C2)C[C@@H](O[C@@H]2CC[C@H](O[C@@H]3CC[C@@H](OC(=O)CC(=O)O)[C@@H](C)O3)[C@@H](C)O2)[C@H]1O. The van der Waals surface area contributed by atoms with Crippen LogP contribution >= 0.6 is 0 Å². The van der Waals surface area contributed by atoms with Crippen molar-refractivity contribution in [2.24, 2.45) is 0 Å². The maximum atomic E-state index is 14.0. The van der Waals surface area contributed by atoms with E-state index in [-0.39, 0.29) is 34.8 Å². The van der Waals surface area contributed by atoms with Gasteiger partial charge in [0.15, 0.2) is 35.5 Å². The van der Waals surface area contributed by atoms with Gasteiger partial charge in [-0.2, -0.15) is 0 Å². The smallest absolute Gasteiger partial charge is 0.317 e. The van der Waals surface area contributed by atoms with E-state index in [0.29, 0.717) is 25.7 Å². The highest BCUT2D eigenvalue weighted by atomic mass is 16.7. The highest BCUT2D eigenvalue weighted by molar-refractivity contribution is 6.32. The number of aliphatic hydroxyl groups excluding tert-OH is 1. The van der Waals surface area contributed by atoms with Gasteiger partial charge in [-0.25, -0.2) is 0 Å². The average Bonchev–Trinajstić information content (AvgIpc) is 3.11. The zero-order valence-electron chi connectivity index (χ0n) is 31.9. The number of rotatable bonds is 8. The first kappa shape index (κ1) is 41.3. The minimum atomic E-state index is -2.80. The van der Waals surface area contributed by atoms with Gasteiger partial charge >= 0.3 is 11.9 Å². The Hall–Kier alpha value is -3.91. The van der Waals surface area contributed by atoms with Crippen LogP contribution in [0.1, 0.15) is 111 Å². The van der Waals surface area contributed by atoms with Crippen molar-refractivity contribution in [1.29, 1.82) is 0 Å². The number of aliphatic hydroxyl groups is 4. The zero-order valence-corrected chi connectivity index (χ0v) is 31.9. The van der Waals surface area contributed by atoms with E-state index in [9.17, 15) is 49.5 Å². The standard InChI is InChI=1S/C40H48O17/c1-17-23(55-29(44)14-28(42)43)7-9-30(53-17)56-24-8-10-31(54-18(24)2)57-26-13-25(52-19(3)34(26)45)20-5-6-21-32(35(20)46)36(47)22-11-12-39(50)16-38(4,49)15-27(41)40(39,51)33(22)37(21)48/h5-6,11-12,17-19,23-26,30-31,34,45-46,49-51H,7-10,13-16H2,1-4H3,(H,42,43)/t17-,18-,19-,23-,24+,25-,26-,30-,31-,34+,38-,39-,40-/m1/s1. The number of phenolic OH excluding ortho intramolecular Hbond substituents is 1. The van der Waals surface area contributed by atoms with Gasteiger partial charge in [0.25, 0.3) is 0 Å². The van der Waals surface area contributed by atoms with Crippen LogP contribution in [-0.4, -0.2) is 132 Å². The largest absolute Gasteiger partial charge is 0.507 e. The molecule has 3 heterocycles. The predicted molar refractivity (Wildman–Crippen MR) is 191 cm³/mol. The Morgan fingerprint density at radius 2 is 1.49 bits per heavy atom. The molecule has 17 heteroatoms. The number of aliphatic carboxylic acids is 1. The molecule has 0 radical (unpaired) electrons. The third-order valence-corrected chi connectivity index (χ3v) is 12.0. The highest BCUT2D eigenvalue weighted by Crippen LogP contribution is 2.52. The number of fused-ring (bicyclic) bond motifs is 3. The number of hydrogen-bond donors (Lipinski definition) is 6. The summed E-state index contributed by atoms with van der Waals surface area (Å²) in [6, 6.07) is 2.67. The molecule has 1 aromatic rings. The Labute approximate surface area is 327 Å². The Kier molecular flexibility index (Phi) is 10.9. The summed E-state index contributed by atoms with van der Waals surface area (Å²) >= 11 is 0. The number of ether oxygens (including phenoxy) is 6. The van der Waals surface area contributed by atoms with E-state index in [1.165, 1.54) is 19.1 Å². The van der Waals surface area contributed by atoms with Crippen LogP contribution < -0.4 is 0 Å². The molecule has 310 valence electrons. The highest BCUT2D eigenvalue weighted by Gasteiger charge is 2.66. The molecule has 0 amide bonds. The molecule has 7 rings (SSSR count). The summed E-state index contributed by atoms with van der Waals surface area (Å²) in [6.45, 7) is 6.48. The summed E-state index contributed by atoms with van der Waals surface area (Å²) in [4.78, 5) is 63.9. The topological polar surface area (TPSA) is 262 Å². The van der Waals surface area contributed by atoms with Gasteiger partial charge in [0, 0.05) is 48.8 Å². The number of carbonyl (C=O) groups is 5. The third-order valence-electron chi connectivity index (χ3n) is 12.0. The monoisotopic (exact) mass is 800 g/mol. The van der Waals surface area contributed by atoms with Gasteiger partial charge in [0.2, 0.25) is 0 Å². The molecule has 1 saturated carbocycles. The maximum Gasteiger partial charge on any atom is 0.317 e. The van der Waals surface area contributed by atoms with Crippen LogP contribution in [0.25, 0.3) is 0 Å². The predicted octanol–water partition coefficient (Wildman–Crippen LogP) is 1.63. The maximum absolute atomic E-state index is 14.0. The molecule has 3 saturated heterocycles. The summed E-state index contributed by atoms with van der Waals surface area (Å²) in [6.07, 6.45) is -4.82. The fourth-order valence-corrected chi connectivity index (χ4v) is 9.05. The lowest BCUT2D eigenvalue weighted by Crippen LogP contribution is -2.69. The molecule has 0 aromatic heterocycles. The summed E-state index contributed by atoms with van der Waals surface area (Å²) < 4.78 is 35.9. The molecule has 4 fully saturated rings. The molecule has 1 aromatic carbocycles. The Bertz CT molecular complexity index is 1920. The van der Waals surface area contributed by atoms with Crippen molar-refractivity contribution in [2.45, 2.75) is 157 Å². The first-order valence-electron chi connectivity index (χ1n) is 19.2. The summed E-state index contributed by atoms with van der Waals surface area (Å²) in [7, 11) is 0. The van der Waals surface area contributed by atoms with Crippen molar-refractivity contribution in [2.75, 3.05) is 0 Å². The number of phenols is 1. The lowest BCUT2D eigenvalue weighted by Gasteiger charge is -2.51. The average molecular weight is 801 g/mol. The second-order valence-electron chi connectivity index (χ2n) is 16.3. The minimum absolute atomic E-state index is 0.0230. The van der Waals surface area contributed by atoms with E-state index in [1.807, 2.05) is 6.92 Å². The first-order chi connectivity index (χ1) is 26.7. The van der Waals surface area contributed by atoms with Crippen molar-refractivity contribution < 1.29 is 83.0 Å². The van der Waals surface area contributed by atoms with Gasteiger partial charge < -0.3 is 59.1 Å². The quantitative estimate of drug-likeness (QED) is 0.161. The molecule has 57 heavy (non-hydrogen) atoms.